The number of benzene rings is 2. The second-order valence-corrected chi connectivity index (χ2v) is 16.6. The van der Waals surface area contributed by atoms with Crippen molar-refractivity contribution in [3.05, 3.63) is 59.7 Å². The molecular weight excluding hydrogens is 610 g/mol. The van der Waals surface area contributed by atoms with Gasteiger partial charge in [-0.1, -0.05) is 6.42 Å². The maximum Gasteiger partial charge on any atom is 0.404 e. The lowest BCUT2D eigenvalue weighted by atomic mass is 9.68. The number of carboxylic acid groups (broad SMARTS) is 1. The molecule has 7 rings (SSSR count). The van der Waals surface area contributed by atoms with E-state index in [1.807, 2.05) is 12.1 Å². The first-order valence-electron chi connectivity index (χ1n) is 17.2. The number of hydrogen-bond donors (Lipinski definition) is 2. The zero-order valence-corrected chi connectivity index (χ0v) is 27.2. The number of nitrogens with one attached hydrogen (secondary N) is 1. The summed E-state index contributed by atoms with van der Waals surface area (Å²) in [5, 5.41) is 12.2. The Labute approximate surface area is 271 Å². The molecule has 3 heterocycles. The summed E-state index contributed by atoms with van der Waals surface area (Å²) in [5.41, 5.74) is 1.75. The monoisotopic (exact) mass is 656 g/mol. The van der Waals surface area contributed by atoms with Crippen molar-refractivity contribution in [2.24, 2.45) is 23.7 Å². The van der Waals surface area contributed by atoms with E-state index in [2.05, 4.69) is 20.0 Å². The Morgan fingerprint density at radius 3 is 2.15 bits per heavy atom. The van der Waals surface area contributed by atoms with E-state index in [4.69, 9.17) is 0 Å². The van der Waals surface area contributed by atoms with Crippen LogP contribution in [0.4, 0.5) is 19.3 Å². The Morgan fingerprint density at radius 2 is 1.57 bits per heavy atom. The third-order valence-electron chi connectivity index (χ3n) is 11.4. The minimum absolute atomic E-state index is 0.105. The molecule has 0 aromatic heterocycles. The lowest BCUT2D eigenvalue weighted by molar-refractivity contribution is -0.00106. The molecule has 2 saturated carbocycles. The number of hydrogen-bond acceptors (Lipinski definition) is 6. The van der Waals surface area contributed by atoms with Crippen molar-refractivity contribution in [1.82, 2.24) is 15.1 Å². The number of nitrogens with zero attached hydrogens (tertiary/aromatic N) is 3. The van der Waals surface area contributed by atoms with Crippen LogP contribution >= 0.6 is 0 Å². The highest BCUT2D eigenvalue weighted by Crippen LogP contribution is 2.49. The number of piperidine rings is 1. The highest BCUT2D eigenvalue weighted by molar-refractivity contribution is 7.92. The van der Waals surface area contributed by atoms with Crippen LogP contribution in [0.3, 0.4) is 0 Å². The van der Waals surface area contributed by atoms with Gasteiger partial charge in [0.1, 0.15) is 11.6 Å². The van der Waals surface area contributed by atoms with Crippen molar-refractivity contribution < 1.29 is 27.1 Å². The molecule has 250 valence electrons. The Kier molecular flexibility index (Phi) is 9.02. The molecule has 2 aromatic rings. The summed E-state index contributed by atoms with van der Waals surface area (Å²) < 4.78 is 54.2. The molecule has 4 atom stereocenters. The molecule has 3 aliphatic heterocycles. The number of amides is 1. The molecule has 46 heavy (non-hydrogen) atoms. The molecule has 0 radical (unpaired) electrons. The molecule has 2 N–H and O–H groups in total. The van der Waals surface area contributed by atoms with E-state index in [1.165, 1.54) is 12.1 Å². The quantitative estimate of drug-likeness (QED) is 0.328. The largest absolute Gasteiger partial charge is 0.465 e. The minimum Gasteiger partial charge on any atom is -0.465 e. The molecule has 3 saturated heterocycles. The van der Waals surface area contributed by atoms with Gasteiger partial charge >= 0.3 is 6.09 Å². The Hall–Kier alpha value is -2.76. The van der Waals surface area contributed by atoms with Crippen molar-refractivity contribution >= 4 is 21.6 Å². The number of anilines is 1. The van der Waals surface area contributed by atoms with Gasteiger partial charge in [-0.15, -0.1) is 0 Å². The van der Waals surface area contributed by atoms with Crippen molar-refractivity contribution in [2.75, 3.05) is 50.7 Å². The number of rotatable bonds is 11. The SMILES string of the molecule is O=C(O)N[C@H]1CCC[C@@H]1[C@H](C1CCN(CC2CN(c3ccc(S(=O)(=O)C4CC4)cc3)C2)CC1)[C@@H](c1cc(F)cc(F)c1)N1CCC1. The van der Waals surface area contributed by atoms with Crippen molar-refractivity contribution in [2.45, 2.75) is 73.6 Å². The molecule has 5 fully saturated rings. The van der Waals surface area contributed by atoms with Crippen molar-refractivity contribution in [1.29, 1.82) is 0 Å². The summed E-state index contributed by atoms with van der Waals surface area (Å²) in [6.07, 6.45) is 6.23. The second kappa shape index (κ2) is 13.0. The topological polar surface area (TPSA) is 93.2 Å². The Bertz CT molecular complexity index is 1480. The highest BCUT2D eigenvalue weighted by atomic mass is 32.2. The molecule has 2 aromatic carbocycles. The summed E-state index contributed by atoms with van der Waals surface area (Å²) in [7, 11) is -3.17. The predicted octanol–water partition coefficient (Wildman–Crippen LogP) is 5.55. The van der Waals surface area contributed by atoms with Crippen molar-refractivity contribution in [3.63, 3.8) is 0 Å². The molecule has 0 unspecified atom stereocenters. The van der Waals surface area contributed by atoms with Gasteiger partial charge in [-0.3, -0.25) is 4.90 Å². The molecule has 2 aliphatic carbocycles. The number of sulfone groups is 1. The zero-order chi connectivity index (χ0) is 32.0. The maximum absolute atomic E-state index is 14.6. The zero-order valence-electron chi connectivity index (χ0n) is 26.4. The first-order chi connectivity index (χ1) is 22.2. The van der Waals surface area contributed by atoms with Gasteiger partial charge in [-0.2, -0.15) is 0 Å². The summed E-state index contributed by atoms with van der Waals surface area (Å²) in [6.45, 7) is 6.60. The van der Waals surface area contributed by atoms with Gasteiger partial charge in [0.25, 0.3) is 0 Å². The summed E-state index contributed by atoms with van der Waals surface area (Å²) >= 11 is 0. The van der Waals surface area contributed by atoms with Crippen LogP contribution in [0.5, 0.6) is 0 Å². The van der Waals surface area contributed by atoms with Crippen LogP contribution in [0.1, 0.15) is 63.0 Å². The Balaban J connectivity index is 1.01. The number of halogens is 2. The molecule has 5 aliphatic rings. The van der Waals surface area contributed by atoms with Gasteiger partial charge in [0.05, 0.1) is 10.1 Å². The van der Waals surface area contributed by atoms with Gasteiger partial charge in [0, 0.05) is 49.4 Å². The fourth-order valence-corrected chi connectivity index (χ4v) is 10.5. The van der Waals surface area contributed by atoms with Crippen LogP contribution in [-0.2, 0) is 9.84 Å². The summed E-state index contributed by atoms with van der Waals surface area (Å²) in [4.78, 5) is 19.4. The normalized spacial score (nSPS) is 26.3. The van der Waals surface area contributed by atoms with Gasteiger partial charge in [-0.25, -0.2) is 22.0 Å². The Morgan fingerprint density at radius 1 is 0.891 bits per heavy atom. The third kappa shape index (κ3) is 6.65. The molecule has 0 spiro atoms. The van der Waals surface area contributed by atoms with Crippen LogP contribution < -0.4 is 10.2 Å². The average Bonchev–Trinajstić information content (AvgIpc) is 3.75. The van der Waals surface area contributed by atoms with Gasteiger partial charge in [0.2, 0.25) is 0 Å². The molecule has 0 bridgehead atoms. The van der Waals surface area contributed by atoms with Gasteiger partial charge < -0.3 is 20.2 Å². The minimum atomic E-state index is -3.17. The summed E-state index contributed by atoms with van der Waals surface area (Å²) in [6, 6.07) is 11.0. The standard InChI is InChI=1S/C35H46F2N4O4S/c36-26-17-25(18-27(37)19-26)34(40-13-2-14-40)33(31-3-1-4-32(31)38-35(42)43)24-11-15-39(16-12-24)20-23-21-41(22-23)28-5-7-29(8-6-28)46(44,45)30-9-10-30/h5-8,17-19,23-24,30-34,38H,1-4,9-16,20-22H2,(H,42,43)/t31-,32-,33-,34+/m0/s1. The second-order valence-electron chi connectivity index (χ2n) is 14.4. The molecule has 8 nitrogen and oxygen atoms in total. The van der Waals surface area contributed by atoms with Gasteiger partial charge in [0.15, 0.2) is 9.84 Å². The van der Waals surface area contributed by atoms with Crippen LogP contribution in [0.2, 0.25) is 0 Å². The third-order valence-corrected chi connectivity index (χ3v) is 13.7. The van der Waals surface area contributed by atoms with Crippen molar-refractivity contribution in [3.8, 4) is 0 Å². The predicted molar refractivity (Wildman–Crippen MR) is 173 cm³/mol. The van der Waals surface area contributed by atoms with E-state index in [1.54, 1.807) is 12.1 Å². The smallest absolute Gasteiger partial charge is 0.404 e. The van der Waals surface area contributed by atoms with E-state index < -0.39 is 27.6 Å². The first-order valence-corrected chi connectivity index (χ1v) is 18.7. The van der Waals surface area contributed by atoms with Crippen LogP contribution in [0.25, 0.3) is 0 Å². The van der Waals surface area contributed by atoms with E-state index in [0.29, 0.717) is 22.3 Å². The van der Waals surface area contributed by atoms with E-state index in [-0.39, 0.29) is 29.2 Å². The maximum atomic E-state index is 14.6. The van der Waals surface area contributed by atoms with Crippen LogP contribution in [0, 0.1) is 35.3 Å². The van der Waals surface area contributed by atoms with Crippen LogP contribution in [-0.4, -0.2) is 86.5 Å². The molecule has 1 amide bonds. The fraction of sp³-hybridized carbons (Fsp3) is 0.629. The van der Waals surface area contributed by atoms with Crippen LogP contribution in [0.15, 0.2) is 47.4 Å². The fourth-order valence-electron chi connectivity index (χ4n) is 8.87. The lowest BCUT2D eigenvalue weighted by Crippen LogP contribution is -2.54. The number of carbonyl (C=O) groups is 1. The molecule has 11 heteroatoms. The molecular formula is C35H46F2N4O4S. The summed E-state index contributed by atoms with van der Waals surface area (Å²) in [5.74, 6) is -0.0173. The van der Waals surface area contributed by atoms with Gasteiger partial charge in [-0.05, 0) is 131 Å². The highest BCUT2D eigenvalue weighted by Gasteiger charge is 2.46. The first kappa shape index (κ1) is 31.8. The van der Waals surface area contributed by atoms with E-state index >= 15 is 0 Å². The van der Waals surface area contributed by atoms with E-state index in [0.717, 1.165) is 109 Å². The lowest BCUT2D eigenvalue weighted by Gasteiger charge is -2.50. The average molecular weight is 657 g/mol. The number of likely N-dealkylation sites (tertiary alicyclic amines) is 2. The van der Waals surface area contributed by atoms with E-state index in [9.17, 15) is 27.1 Å².